The maximum atomic E-state index is 13.8. The van der Waals surface area contributed by atoms with Crippen molar-refractivity contribution in [3.63, 3.8) is 0 Å². The van der Waals surface area contributed by atoms with Crippen molar-refractivity contribution >= 4 is 52.4 Å². The van der Waals surface area contributed by atoms with E-state index in [0.717, 1.165) is 4.90 Å². The molecule has 9 heteroatoms. The van der Waals surface area contributed by atoms with Crippen LogP contribution in [-0.4, -0.2) is 23.9 Å². The Hall–Kier alpha value is -4.17. The molecule has 194 valence electrons. The lowest BCUT2D eigenvalue weighted by molar-refractivity contribution is -0.126. The molecule has 2 heterocycles. The largest absolute Gasteiger partial charge is 0.423 e. The van der Waals surface area contributed by atoms with Gasteiger partial charge in [-0.15, -0.1) is 0 Å². The molecule has 0 saturated carbocycles. The standard InChI is InChI=1S/C30H20Cl2N2O5/c31-23-16-13-21(17-24(23)32)33-28(35)25-26(34(39-27(25)29(33)36)20-9-5-2-6-10-20)18-11-14-22(15-12-18)38-30(37)19-7-3-1-4-8-19/h1-17,25-27H/t25-,26-,27-/m1/s1. The number of carbonyl (C=O) groups excluding carboxylic acids is 3. The van der Waals surface area contributed by atoms with Gasteiger partial charge in [-0.2, -0.15) is 0 Å². The molecule has 2 fully saturated rings. The first-order valence-corrected chi connectivity index (χ1v) is 12.9. The van der Waals surface area contributed by atoms with Crippen molar-refractivity contribution in [2.24, 2.45) is 5.92 Å². The fourth-order valence-corrected chi connectivity index (χ4v) is 5.20. The highest BCUT2D eigenvalue weighted by Gasteiger charge is 2.60. The Bertz CT molecular complexity index is 1560. The minimum absolute atomic E-state index is 0.232. The number of para-hydroxylation sites is 1. The van der Waals surface area contributed by atoms with Crippen molar-refractivity contribution in [2.45, 2.75) is 12.1 Å². The van der Waals surface area contributed by atoms with Crippen LogP contribution in [0.2, 0.25) is 10.0 Å². The van der Waals surface area contributed by atoms with Crippen molar-refractivity contribution in [2.75, 3.05) is 9.96 Å². The van der Waals surface area contributed by atoms with Crippen LogP contribution in [0.25, 0.3) is 0 Å². The molecular formula is C30H20Cl2N2O5. The van der Waals surface area contributed by atoms with Crippen LogP contribution in [0.3, 0.4) is 0 Å². The number of esters is 1. The zero-order chi connectivity index (χ0) is 27.1. The van der Waals surface area contributed by atoms with Crippen LogP contribution >= 0.6 is 23.2 Å². The van der Waals surface area contributed by atoms with E-state index < -0.39 is 35.8 Å². The number of halogens is 2. The third kappa shape index (κ3) is 4.55. The Labute approximate surface area is 234 Å². The average Bonchev–Trinajstić information content (AvgIpc) is 3.47. The molecule has 2 aliphatic rings. The summed E-state index contributed by atoms with van der Waals surface area (Å²) in [5, 5.41) is 2.15. The van der Waals surface area contributed by atoms with Gasteiger partial charge in [-0.3, -0.25) is 14.4 Å². The molecule has 0 unspecified atom stereocenters. The third-order valence-electron chi connectivity index (χ3n) is 6.73. The number of anilines is 2. The summed E-state index contributed by atoms with van der Waals surface area (Å²) in [7, 11) is 0. The van der Waals surface area contributed by atoms with Crippen molar-refractivity contribution < 1.29 is 24.0 Å². The number of hydrogen-bond donors (Lipinski definition) is 0. The number of carbonyl (C=O) groups is 3. The van der Waals surface area contributed by atoms with Crippen LogP contribution in [0, 0.1) is 5.92 Å². The van der Waals surface area contributed by atoms with E-state index in [1.165, 1.54) is 12.1 Å². The van der Waals surface area contributed by atoms with Crippen LogP contribution in [0.5, 0.6) is 5.75 Å². The Morgan fingerprint density at radius 3 is 2.08 bits per heavy atom. The molecule has 2 saturated heterocycles. The molecule has 4 aromatic rings. The molecule has 0 radical (unpaired) electrons. The molecule has 7 nitrogen and oxygen atoms in total. The van der Waals surface area contributed by atoms with E-state index in [0.29, 0.717) is 33.3 Å². The van der Waals surface area contributed by atoms with Gasteiger partial charge in [-0.05, 0) is 60.2 Å². The maximum absolute atomic E-state index is 13.8. The normalized spacial score (nSPS) is 20.3. The third-order valence-corrected chi connectivity index (χ3v) is 7.47. The molecule has 0 bridgehead atoms. The lowest BCUT2D eigenvalue weighted by atomic mass is 9.90. The average molecular weight is 559 g/mol. The first-order chi connectivity index (χ1) is 18.9. The Kier molecular flexibility index (Phi) is 6.56. The van der Waals surface area contributed by atoms with E-state index in [9.17, 15) is 14.4 Å². The second-order valence-corrected chi connectivity index (χ2v) is 9.91. The smallest absolute Gasteiger partial charge is 0.343 e. The Morgan fingerprint density at radius 2 is 1.41 bits per heavy atom. The zero-order valence-corrected chi connectivity index (χ0v) is 21.8. The summed E-state index contributed by atoms with van der Waals surface area (Å²) in [5.74, 6) is -1.86. The predicted molar refractivity (Wildman–Crippen MR) is 147 cm³/mol. The van der Waals surface area contributed by atoms with Crippen LogP contribution < -0.4 is 14.7 Å². The highest BCUT2D eigenvalue weighted by Crippen LogP contribution is 2.48. The van der Waals surface area contributed by atoms with Gasteiger partial charge >= 0.3 is 5.97 Å². The zero-order valence-electron chi connectivity index (χ0n) is 20.2. The molecule has 3 atom stereocenters. The summed E-state index contributed by atoms with van der Waals surface area (Å²) in [6.45, 7) is 0. The molecule has 0 N–H and O–H groups in total. The van der Waals surface area contributed by atoms with Gasteiger partial charge < -0.3 is 4.74 Å². The van der Waals surface area contributed by atoms with Gasteiger partial charge in [0.25, 0.3) is 5.91 Å². The summed E-state index contributed by atoms with van der Waals surface area (Å²) in [6.07, 6.45) is -1.03. The molecule has 6 rings (SSSR count). The van der Waals surface area contributed by atoms with Crippen LogP contribution in [0.1, 0.15) is 22.0 Å². The number of nitrogens with zero attached hydrogens (tertiary/aromatic N) is 2. The molecule has 39 heavy (non-hydrogen) atoms. The number of ether oxygens (including phenoxy) is 1. The Morgan fingerprint density at radius 1 is 0.744 bits per heavy atom. The molecule has 0 aliphatic carbocycles. The fraction of sp³-hybridized carbons (Fsp3) is 0.100. The van der Waals surface area contributed by atoms with Crippen LogP contribution in [0.4, 0.5) is 11.4 Å². The number of hydroxylamine groups is 1. The minimum Gasteiger partial charge on any atom is -0.423 e. The molecular weight excluding hydrogens is 539 g/mol. The number of hydrogen-bond acceptors (Lipinski definition) is 6. The second-order valence-electron chi connectivity index (χ2n) is 9.09. The van der Waals surface area contributed by atoms with Crippen LogP contribution in [-0.2, 0) is 14.4 Å². The van der Waals surface area contributed by atoms with Gasteiger partial charge in [-0.1, -0.05) is 71.7 Å². The first-order valence-electron chi connectivity index (χ1n) is 12.1. The van der Waals surface area contributed by atoms with Gasteiger partial charge in [0.1, 0.15) is 11.7 Å². The molecule has 2 aliphatic heterocycles. The van der Waals surface area contributed by atoms with Gasteiger partial charge in [0.2, 0.25) is 5.91 Å². The van der Waals surface area contributed by atoms with Crippen molar-refractivity contribution in [1.29, 1.82) is 0 Å². The van der Waals surface area contributed by atoms with Gasteiger partial charge in [-0.25, -0.2) is 14.8 Å². The van der Waals surface area contributed by atoms with E-state index in [1.807, 2.05) is 36.4 Å². The fourth-order valence-electron chi connectivity index (χ4n) is 4.90. The van der Waals surface area contributed by atoms with Crippen LogP contribution in [0.15, 0.2) is 103 Å². The van der Waals surface area contributed by atoms with E-state index >= 15 is 0 Å². The molecule has 4 aromatic carbocycles. The van der Waals surface area contributed by atoms with E-state index in [-0.39, 0.29) is 5.02 Å². The molecule has 0 spiro atoms. The van der Waals surface area contributed by atoms with E-state index in [4.69, 9.17) is 32.8 Å². The topological polar surface area (TPSA) is 76.2 Å². The predicted octanol–water partition coefficient (Wildman–Crippen LogP) is 6.26. The SMILES string of the molecule is O=C(Oc1ccc([C@@H]2[C@H]3C(=O)N(c4ccc(Cl)c(Cl)c4)C(=O)[C@@H]3ON2c2ccccc2)cc1)c1ccccc1. The summed E-state index contributed by atoms with van der Waals surface area (Å²) in [5.41, 5.74) is 2.16. The number of rotatable bonds is 5. The van der Waals surface area contributed by atoms with Crippen molar-refractivity contribution in [3.8, 4) is 5.75 Å². The summed E-state index contributed by atoms with van der Waals surface area (Å²) in [4.78, 5) is 47.0. The molecule has 2 amide bonds. The van der Waals surface area contributed by atoms with Gasteiger partial charge in [0.05, 0.1) is 33.0 Å². The Balaban J connectivity index is 1.33. The number of amides is 2. The van der Waals surface area contributed by atoms with E-state index in [2.05, 4.69) is 0 Å². The number of fused-ring (bicyclic) bond motifs is 1. The summed E-state index contributed by atoms with van der Waals surface area (Å²) < 4.78 is 5.51. The minimum atomic E-state index is -1.03. The highest BCUT2D eigenvalue weighted by molar-refractivity contribution is 6.42. The number of imide groups is 1. The van der Waals surface area contributed by atoms with E-state index in [1.54, 1.807) is 59.7 Å². The van der Waals surface area contributed by atoms with Crippen molar-refractivity contribution in [3.05, 3.63) is 124 Å². The monoisotopic (exact) mass is 558 g/mol. The lowest BCUT2D eigenvalue weighted by Crippen LogP contribution is -2.37. The lowest BCUT2D eigenvalue weighted by Gasteiger charge is -2.29. The van der Waals surface area contributed by atoms with Gasteiger partial charge in [0, 0.05) is 0 Å². The quantitative estimate of drug-likeness (QED) is 0.163. The second kappa shape index (κ2) is 10.2. The van der Waals surface area contributed by atoms with Crippen molar-refractivity contribution in [1.82, 2.24) is 0 Å². The maximum Gasteiger partial charge on any atom is 0.343 e. The number of benzene rings is 4. The molecule has 0 aromatic heterocycles. The summed E-state index contributed by atoms with van der Waals surface area (Å²) in [6, 6.07) is 28.8. The highest BCUT2D eigenvalue weighted by atomic mass is 35.5. The summed E-state index contributed by atoms with van der Waals surface area (Å²) >= 11 is 12.2. The first kappa shape index (κ1) is 25.1. The van der Waals surface area contributed by atoms with Gasteiger partial charge in [0.15, 0.2) is 6.10 Å².